The lowest BCUT2D eigenvalue weighted by Crippen LogP contribution is -2.46. The molecule has 0 aromatic rings. The number of rotatable bonds is 6. The Morgan fingerprint density at radius 2 is 1.68 bits per heavy atom. The smallest absolute Gasteiger partial charge is 0.113 e. The van der Waals surface area contributed by atoms with Crippen LogP contribution in [0.5, 0.6) is 0 Å². The lowest BCUT2D eigenvalue weighted by atomic mass is 9.86. The molecular weight excluding hydrogens is 275 g/mol. The zero-order valence-corrected chi connectivity index (χ0v) is 15.4. The van der Waals surface area contributed by atoms with E-state index in [4.69, 9.17) is 0 Å². The Morgan fingerprint density at radius 1 is 1.05 bits per heavy atom. The van der Waals surface area contributed by atoms with Crippen molar-refractivity contribution >= 4 is 0 Å². The minimum atomic E-state index is -0.884. The van der Waals surface area contributed by atoms with E-state index in [9.17, 15) is 4.39 Å². The van der Waals surface area contributed by atoms with Gasteiger partial charge >= 0.3 is 0 Å². The normalized spacial score (nSPS) is 29.9. The van der Waals surface area contributed by atoms with Crippen molar-refractivity contribution in [2.75, 3.05) is 26.2 Å². The Labute approximate surface area is 137 Å². The number of alkyl halides is 1. The first-order chi connectivity index (χ1) is 10.3. The molecule has 0 radical (unpaired) electrons. The van der Waals surface area contributed by atoms with Gasteiger partial charge in [0.05, 0.1) is 0 Å². The van der Waals surface area contributed by atoms with Crippen LogP contribution in [-0.4, -0.2) is 53.7 Å². The van der Waals surface area contributed by atoms with Crippen molar-refractivity contribution in [2.24, 2.45) is 11.8 Å². The quantitative estimate of drug-likeness (QED) is 0.719. The van der Waals surface area contributed by atoms with Gasteiger partial charge < -0.3 is 9.80 Å². The highest BCUT2D eigenvalue weighted by Gasteiger charge is 2.35. The largest absolute Gasteiger partial charge is 0.301 e. The first kappa shape index (κ1) is 18.2. The average molecular weight is 313 g/mol. The molecule has 2 fully saturated rings. The van der Waals surface area contributed by atoms with Crippen LogP contribution in [0.1, 0.15) is 66.7 Å². The topological polar surface area (TPSA) is 6.48 Å². The molecule has 0 N–H and O–H groups in total. The first-order valence-electron chi connectivity index (χ1n) is 9.51. The summed E-state index contributed by atoms with van der Waals surface area (Å²) >= 11 is 0. The Kier molecular flexibility index (Phi) is 6.30. The summed E-state index contributed by atoms with van der Waals surface area (Å²) in [6.45, 7) is 15.8. The predicted octanol–water partition coefficient (Wildman–Crippen LogP) is 4.35. The molecule has 2 aliphatic heterocycles. The van der Waals surface area contributed by atoms with Gasteiger partial charge in [0, 0.05) is 31.7 Å². The highest BCUT2D eigenvalue weighted by atomic mass is 19.1. The number of halogens is 1. The highest BCUT2D eigenvalue weighted by Crippen LogP contribution is 2.33. The van der Waals surface area contributed by atoms with Crippen LogP contribution in [0.15, 0.2) is 0 Å². The molecule has 2 aliphatic rings. The minimum Gasteiger partial charge on any atom is -0.301 e. The number of piperidine rings is 1. The standard InChI is InChI=1S/C19H37FN2/c1-6-19(20)8-11-21(12-9-19)17(5)13-16(4)18-7-10-22(14-18)15(2)3/h15-18H,6-14H2,1-5H3. The van der Waals surface area contributed by atoms with Crippen LogP contribution in [0.2, 0.25) is 0 Å². The summed E-state index contributed by atoms with van der Waals surface area (Å²) < 4.78 is 14.3. The summed E-state index contributed by atoms with van der Waals surface area (Å²) in [4.78, 5) is 5.14. The van der Waals surface area contributed by atoms with Crippen LogP contribution in [0.25, 0.3) is 0 Å². The molecule has 22 heavy (non-hydrogen) atoms. The number of likely N-dealkylation sites (tertiary alicyclic amines) is 2. The third-order valence-electron chi connectivity index (χ3n) is 6.46. The maximum atomic E-state index is 14.3. The Bertz CT molecular complexity index is 336. The average Bonchev–Trinajstić information content (AvgIpc) is 2.98. The second-order valence-corrected chi connectivity index (χ2v) is 8.24. The highest BCUT2D eigenvalue weighted by molar-refractivity contribution is 4.88. The van der Waals surface area contributed by atoms with Crippen molar-refractivity contribution < 1.29 is 4.39 Å². The van der Waals surface area contributed by atoms with Crippen LogP contribution in [0, 0.1) is 11.8 Å². The number of nitrogens with zero attached hydrogens (tertiary/aromatic N) is 2. The lowest BCUT2D eigenvalue weighted by Gasteiger charge is -2.40. The number of hydrogen-bond acceptors (Lipinski definition) is 2. The SMILES string of the molecule is CCC1(F)CCN(C(C)CC(C)C2CCN(C(C)C)C2)CC1. The van der Waals surface area contributed by atoms with Gasteiger partial charge in [-0.2, -0.15) is 0 Å². The van der Waals surface area contributed by atoms with E-state index >= 15 is 0 Å². The van der Waals surface area contributed by atoms with E-state index in [1.807, 2.05) is 6.92 Å². The summed E-state index contributed by atoms with van der Waals surface area (Å²) in [5.41, 5.74) is -0.884. The predicted molar refractivity (Wildman–Crippen MR) is 93.0 cm³/mol. The molecule has 3 heteroatoms. The summed E-state index contributed by atoms with van der Waals surface area (Å²) in [5.74, 6) is 1.63. The molecule has 2 rings (SSSR count). The van der Waals surface area contributed by atoms with E-state index in [0.717, 1.165) is 37.8 Å². The molecular formula is C19H37FN2. The Hall–Kier alpha value is -0.150. The molecule has 3 atom stereocenters. The molecule has 2 saturated heterocycles. The van der Waals surface area contributed by atoms with Crippen molar-refractivity contribution in [3.05, 3.63) is 0 Å². The maximum absolute atomic E-state index is 14.3. The molecule has 0 spiro atoms. The summed E-state index contributed by atoms with van der Waals surface area (Å²) in [6, 6.07) is 1.29. The second-order valence-electron chi connectivity index (χ2n) is 8.24. The van der Waals surface area contributed by atoms with Gasteiger partial charge in [-0.1, -0.05) is 13.8 Å². The summed E-state index contributed by atoms with van der Waals surface area (Å²) in [5, 5.41) is 0. The van der Waals surface area contributed by atoms with Gasteiger partial charge in [-0.15, -0.1) is 0 Å². The van der Waals surface area contributed by atoms with E-state index in [0.29, 0.717) is 18.5 Å². The van der Waals surface area contributed by atoms with E-state index in [2.05, 4.69) is 37.5 Å². The van der Waals surface area contributed by atoms with Crippen LogP contribution in [0.3, 0.4) is 0 Å². The molecule has 130 valence electrons. The first-order valence-corrected chi connectivity index (χ1v) is 9.51. The van der Waals surface area contributed by atoms with Gasteiger partial charge in [-0.3, -0.25) is 0 Å². The fraction of sp³-hybridized carbons (Fsp3) is 1.00. The van der Waals surface area contributed by atoms with E-state index in [-0.39, 0.29) is 0 Å². The Morgan fingerprint density at radius 3 is 2.18 bits per heavy atom. The van der Waals surface area contributed by atoms with E-state index in [1.54, 1.807) is 0 Å². The van der Waals surface area contributed by atoms with Gasteiger partial charge in [0.1, 0.15) is 5.67 Å². The fourth-order valence-corrected chi connectivity index (χ4v) is 4.35. The molecule has 0 saturated carbocycles. The number of hydrogen-bond donors (Lipinski definition) is 0. The zero-order valence-electron chi connectivity index (χ0n) is 15.4. The van der Waals surface area contributed by atoms with Crippen molar-refractivity contribution in [1.29, 1.82) is 0 Å². The van der Waals surface area contributed by atoms with Gasteiger partial charge in [-0.25, -0.2) is 4.39 Å². The van der Waals surface area contributed by atoms with Crippen LogP contribution in [0.4, 0.5) is 4.39 Å². The van der Waals surface area contributed by atoms with Crippen molar-refractivity contribution in [1.82, 2.24) is 9.80 Å². The molecule has 0 aromatic heterocycles. The zero-order chi connectivity index (χ0) is 16.3. The van der Waals surface area contributed by atoms with Crippen LogP contribution < -0.4 is 0 Å². The molecule has 2 heterocycles. The van der Waals surface area contributed by atoms with E-state index < -0.39 is 5.67 Å². The third-order valence-corrected chi connectivity index (χ3v) is 6.46. The van der Waals surface area contributed by atoms with E-state index in [1.165, 1.54) is 25.9 Å². The second kappa shape index (κ2) is 7.61. The molecule has 0 aliphatic carbocycles. The lowest BCUT2D eigenvalue weighted by molar-refractivity contribution is 0.0325. The minimum absolute atomic E-state index is 0.601. The van der Waals surface area contributed by atoms with Gasteiger partial charge in [-0.05, 0) is 71.3 Å². The van der Waals surface area contributed by atoms with Crippen LogP contribution >= 0.6 is 0 Å². The van der Waals surface area contributed by atoms with Gasteiger partial charge in [0.25, 0.3) is 0 Å². The fourth-order valence-electron chi connectivity index (χ4n) is 4.35. The Balaban J connectivity index is 1.76. The van der Waals surface area contributed by atoms with Gasteiger partial charge in [0.15, 0.2) is 0 Å². The molecule has 0 bridgehead atoms. The maximum Gasteiger partial charge on any atom is 0.113 e. The molecule has 0 amide bonds. The molecule has 2 nitrogen and oxygen atoms in total. The summed E-state index contributed by atoms with van der Waals surface area (Å²) in [6.07, 6.45) is 4.76. The van der Waals surface area contributed by atoms with Crippen LogP contribution in [-0.2, 0) is 0 Å². The molecule has 3 unspecified atom stereocenters. The third kappa shape index (κ3) is 4.44. The van der Waals surface area contributed by atoms with Crippen molar-refractivity contribution in [3.63, 3.8) is 0 Å². The summed E-state index contributed by atoms with van der Waals surface area (Å²) in [7, 11) is 0. The monoisotopic (exact) mass is 312 g/mol. The van der Waals surface area contributed by atoms with Crippen molar-refractivity contribution in [2.45, 2.75) is 84.5 Å². The van der Waals surface area contributed by atoms with Gasteiger partial charge in [0.2, 0.25) is 0 Å². The molecule has 0 aromatic carbocycles. The van der Waals surface area contributed by atoms with Crippen molar-refractivity contribution in [3.8, 4) is 0 Å².